The highest BCUT2D eigenvalue weighted by Crippen LogP contribution is 2.31. The van der Waals surface area contributed by atoms with Crippen molar-refractivity contribution in [3.8, 4) is 22.3 Å². The van der Waals surface area contributed by atoms with Crippen LogP contribution in [-0.4, -0.2) is 4.98 Å². The highest BCUT2D eigenvalue weighted by molar-refractivity contribution is 5.82. The number of hydrogen-bond donors (Lipinski definition) is 0. The van der Waals surface area contributed by atoms with E-state index in [0.717, 1.165) is 22.3 Å². The first-order valence-corrected chi connectivity index (χ1v) is 6.20. The Kier molecular flexibility index (Phi) is 3.25. The minimum Gasteiger partial charge on any atom is -0.264 e. The summed E-state index contributed by atoms with van der Waals surface area (Å²) >= 11 is 0. The first-order chi connectivity index (χ1) is 9.74. The number of halogens is 2. The molecular formula is C17H11F2N. The Morgan fingerprint density at radius 2 is 1.10 bits per heavy atom. The monoisotopic (exact) mass is 267 g/mol. The third kappa shape index (κ3) is 2.43. The van der Waals surface area contributed by atoms with E-state index in [1.54, 1.807) is 36.7 Å². The number of benzene rings is 2. The molecular weight excluding hydrogens is 256 g/mol. The molecule has 3 heteroatoms. The van der Waals surface area contributed by atoms with Gasteiger partial charge in [-0.1, -0.05) is 24.3 Å². The van der Waals surface area contributed by atoms with Gasteiger partial charge in [-0.15, -0.1) is 0 Å². The van der Waals surface area contributed by atoms with Crippen molar-refractivity contribution >= 4 is 0 Å². The largest absolute Gasteiger partial charge is 0.264 e. The van der Waals surface area contributed by atoms with Crippen molar-refractivity contribution < 1.29 is 8.78 Å². The Balaban J connectivity index is 2.13. The molecule has 1 heterocycles. The second kappa shape index (κ2) is 5.21. The normalized spacial score (nSPS) is 10.5. The summed E-state index contributed by atoms with van der Waals surface area (Å²) < 4.78 is 26.0. The molecule has 0 unspecified atom stereocenters. The van der Waals surface area contributed by atoms with Crippen LogP contribution in [0.25, 0.3) is 22.3 Å². The molecule has 1 aromatic heterocycles. The van der Waals surface area contributed by atoms with Crippen molar-refractivity contribution in [2.75, 3.05) is 0 Å². The molecule has 0 aliphatic carbocycles. The number of rotatable bonds is 2. The van der Waals surface area contributed by atoms with Gasteiger partial charge in [0.2, 0.25) is 0 Å². The summed E-state index contributed by atoms with van der Waals surface area (Å²) in [5.74, 6) is -0.549. The summed E-state index contributed by atoms with van der Waals surface area (Å²) in [5, 5.41) is 0. The maximum absolute atomic E-state index is 13.0. The Hall–Kier alpha value is -2.55. The van der Waals surface area contributed by atoms with Crippen molar-refractivity contribution in [2.24, 2.45) is 0 Å². The third-order valence-electron chi connectivity index (χ3n) is 3.13. The quantitative estimate of drug-likeness (QED) is 0.656. The standard InChI is InChI=1S/C17H11F2N/c18-14-5-1-12(2-6-14)16-9-10-20-11-17(16)13-3-7-15(19)8-4-13/h1-11H. The van der Waals surface area contributed by atoms with Gasteiger partial charge in [-0.3, -0.25) is 4.98 Å². The maximum atomic E-state index is 13.0. The fourth-order valence-electron chi connectivity index (χ4n) is 2.14. The van der Waals surface area contributed by atoms with Crippen molar-refractivity contribution in [1.29, 1.82) is 0 Å². The number of pyridine rings is 1. The summed E-state index contributed by atoms with van der Waals surface area (Å²) in [6, 6.07) is 14.4. The van der Waals surface area contributed by atoms with E-state index in [0.29, 0.717) is 0 Å². The van der Waals surface area contributed by atoms with Crippen LogP contribution in [0.5, 0.6) is 0 Å². The molecule has 0 saturated heterocycles. The molecule has 0 N–H and O–H groups in total. The predicted molar refractivity (Wildman–Crippen MR) is 75.0 cm³/mol. The van der Waals surface area contributed by atoms with Crippen LogP contribution in [0, 0.1) is 11.6 Å². The molecule has 20 heavy (non-hydrogen) atoms. The lowest BCUT2D eigenvalue weighted by Crippen LogP contribution is -1.87. The molecule has 0 atom stereocenters. The van der Waals surface area contributed by atoms with Crippen LogP contribution >= 0.6 is 0 Å². The van der Waals surface area contributed by atoms with Crippen LogP contribution in [-0.2, 0) is 0 Å². The van der Waals surface area contributed by atoms with Crippen LogP contribution in [0.1, 0.15) is 0 Å². The molecule has 2 aromatic carbocycles. The molecule has 98 valence electrons. The summed E-state index contributed by atoms with van der Waals surface area (Å²) in [5.41, 5.74) is 3.60. The van der Waals surface area contributed by atoms with Gasteiger partial charge >= 0.3 is 0 Å². The van der Waals surface area contributed by atoms with Gasteiger partial charge in [0.1, 0.15) is 11.6 Å². The zero-order valence-electron chi connectivity index (χ0n) is 10.6. The zero-order chi connectivity index (χ0) is 13.9. The number of nitrogens with zero attached hydrogens (tertiary/aromatic N) is 1. The van der Waals surface area contributed by atoms with Crippen LogP contribution in [0.3, 0.4) is 0 Å². The second-order valence-electron chi connectivity index (χ2n) is 4.44. The van der Waals surface area contributed by atoms with Crippen LogP contribution in [0.15, 0.2) is 67.0 Å². The number of aromatic nitrogens is 1. The highest BCUT2D eigenvalue weighted by atomic mass is 19.1. The van der Waals surface area contributed by atoms with Crippen molar-refractivity contribution in [3.05, 3.63) is 78.6 Å². The first kappa shape index (κ1) is 12.5. The summed E-state index contributed by atoms with van der Waals surface area (Å²) in [7, 11) is 0. The number of hydrogen-bond acceptors (Lipinski definition) is 1. The van der Waals surface area contributed by atoms with E-state index in [-0.39, 0.29) is 11.6 Å². The molecule has 0 amide bonds. The van der Waals surface area contributed by atoms with Gasteiger partial charge in [-0.2, -0.15) is 0 Å². The minimum absolute atomic E-state index is 0.272. The summed E-state index contributed by atoms with van der Waals surface area (Å²) in [6.07, 6.45) is 3.41. The Morgan fingerprint density at radius 1 is 0.600 bits per heavy atom. The Bertz CT molecular complexity index is 654. The molecule has 0 fully saturated rings. The smallest absolute Gasteiger partial charge is 0.123 e. The van der Waals surface area contributed by atoms with Crippen LogP contribution in [0.4, 0.5) is 8.78 Å². The van der Waals surface area contributed by atoms with Gasteiger partial charge in [0, 0.05) is 18.0 Å². The van der Waals surface area contributed by atoms with E-state index in [2.05, 4.69) is 4.98 Å². The molecule has 1 nitrogen and oxygen atoms in total. The van der Waals surface area contributed by atoms with Gasteiger partial charge in [0.05, 0.1) is 0 Å². The van der Waals surface area contributed by atoms with E-state index in [9.17, 15) is 8.78 Å². The Labute approximate surface area is 115 Å². The average Bonchev–Trinajstić information content (AvgIpc) is 2.49. The van der Waals surface area contributed by atoms with E-state index in [1.807, 2.05) is 6.07 Å². The van der Waals surface area contributed by atoms with Crippen molar-refractivity contribution in [2.45, 2.75) is 0 Å². The molecule has 0 bridgehead atoms. The van der Waals surface area contributed by atoms with E-state index >= 15 is 0 Å². The van der Waals surface area contributed by atoms with Crippen molar-refractivity contribution in [3.63, 3.8) is 0 Å². The fourth-order valence-corrected chi connectivity index (χ4v) is 2.14. The Morgan fingerprint density at radius 3 is 1.65 bits per heavy atom. The van der Waals surface area contributed by atoms with E-state index in [1.165, 1.54) is 24.3 Å². The summed E-state index contributed by atoms with van der Waals surface area (Å²) in [4.78, 5) is 4.12. The lowest BCUT2D eigenvalue weighted by atomic mass is 9.96. The van der Waals surface area contributed by atoms with Gasteiger partial charge in [-0.05, 0) is 47.0 Å². The van der Waals surface area contributed by atoms with Crippen molar-refractivity contribution in [1.82, 2.24) is 4.98 Å². The maximum Gasteiger partial charge on any atom is 0.123 e. The zero-order valence-corrected chi connectivity index (χ0v) is 10.6. The average molecular weight is 267 g/mol. The van der Waals surface area contributed by atoms with Gasteiger partial charge in [0.15, 0.2) is 0 Å². The SMILES string of the molecule is Fc1ccc(-c2ccncc2-c2ccc(F)cc2)cc1. The van der Waals surface area contributed by atoms with E-state index in [4.69, 9.17) is 0 Å². The third-order valence-corrected chi connectivity index (χ3v) is 3.13. The van der Waals surface area contributed by atoms with Gasteiger partial charge in [-0.25, -0.2) is 8.78 Å². The highest BCUT2D eigenvalue weighted by Gasteiger charge is 2.07. The molecule has 0 radical (unpaired) electrons. The molecule has 0 aliphatic rings. The summed E-state index contributed by atoms with van der Waals surface area (Å²) in [6.45, 7) is 0. The lowest BCUT2D eigenvalue weighted by Gasteiger charge is -2.09. The molecule has 0 aliphatic heterocycles. The first-order valence-electron chi connectivity index (χ1n) is 6.20. The van der Waals surface area contributed by atoms with Crippen LogP contribution in [0.2, 0.25) is 0 Å². The molecule has 3 aromatic rings. The lowest BCUT2D eigenvalue weighted by molar-refractivity contribution is 0.627. The molecule has 3 rings (SSSR count). The fraction of sp³-hybridized carbons (Fsp3) is 0. The second-order valence-corrected chi connectivity index (χ2v) is 4.44. The van der Waals surface area contributed by atoms with E-state index < -0.39 is 0 Å². The van der Waals surface area contributed by atoms with Gasteiger partial charge < -0.3 is 0 Å². The minimum atomic E-state index is -0.277. The predicted octanol–water partition coefficient (Wildman–Crippen LogP) is 4.69. The van der Waals surface area contributed by atoms with Crippen LogP contribution < -0.4 is 0 Å². The molecule has 0 saturated carbocycles. The van der Waals surface area contributed by atoms with Gasteiger partial charge in [0.25, 0.3) is 0 Å². The molecule has 0 spiro atoms. The topological polar surface area (TPSA) is 12.9 Å².